The molecule has 0 bridgehead atoms. The topological polar surface area (TPSA) is 89.8 Å². The first kappa shape index (κ1) is 21.8. The van der Waals surface area contributed by atoms with Crippen LogP contribution in [0.1, 0.15) is 6.92 Å². The van der Waals surface area contributed by atoms with Gasteiger partial charge in [0.05, 0.1) is 17.1 Å². The molecule has 0 aliphatic carbocycles. The molecule has 1 aromatic heterocycles. The summed E-state index contributed by atoms with van der Waals surface area (Å²) in [6.45, 7) is 2.82. The number of carbonyl (C=O) groups is 1. The highest BCUT2D eigenvalue weighted by Gasteiger charge is 2.31. The van der Waals surface area contributed by atoms with Crippen LogP contribution in [0.5, 0.6) is 0 Å². The van der Waals surface area contributed by atoms with Crippen molar-refractivity contribution in [2.75, 3.05) is 31.1 Å². The third-order valence-electron chi connectivity index (χ3n) is 5.53. The lowest BCUT2D eigenvalue weighted by Crippen LogP contribution is -2.57. The zero-order valence-electron chi connectivity index (χ0n) is 16.9. The second-order valence-corrected chi connectivity index (χ2v) is 8.42. The van der Waals surface area contributed by atoms with E-state index in [9.17, 15) is 9.90 Å². The van der Waals surface area contributed by atoms with Gasteiger partial charge in [-0.2, -0.15) is 0 Å². The highest BCUT2D eigenvalue weighted by molar-refractivity contribution is 6.34. The first-order valence-corrected chi connectivity index (χ1v) is 10.7. The van der Waals surface area contributed by atoms with Gasteiger partial charge >= 0.3 is 0 Å². The molecule has 2 heterocycles. The van der Waals surface area contributed by atoms with Gasteiger partial charge in [0, 0.05) is 41.6 Å². The Labute approximate surface area is 189 Å². The van der Waals surface area contributed by atoms with Crippen molar-refractivity contribution in [3.05, 3.63) is 52.8 Å². The number of carbonyl (C=O) groups excluding carboxylic acids is 1. The summed E-state index contributed by atoms with van der Waals surface area (Å²) >= 11 is 12.6. The molecule has 1 aliphatic heterocycles. The van der Waals surface area contributed by atoms with Crippen LogP contribution >= 0.6 is 23.2 Å². The molecule has 9 heteroatoms. The molecule has 4 rings (SSSR count). The second-order valence-electron chi connectivity index (χ2n) is 7.58. The van der Waals surface area contributed by atoms with Crippen molar-refractivity contribution in [1.82, 2.24) is 14.9 Å². The summed E-state index contributed by atoms with van der Waals surface area (Å²) in [7, 11) is 0. The van der Waals surface area contributed by atoms with Crippen LogP contribution in [0.3, 0.4) is 0 Å². The Morgan fingerprint density at radius 3 is 2.61 bits per heavy atom. The van der Waals surface area contributed by atoms with E-state index in [0.29, 0.717) is 29.7 Å². The molecule has 0 radical (unpaired) electrons. The number of piperazine rings is 1. The Hall–Kier alpha value is -2.45. The van der Waals surface area contributed by atoms with E-state index in [4.69, 9.17) is 28.3 Å². The van der Waals surface area contributed by atoms with Crippen LogP contribution in [0.15, 0.2) is 42.7 Å². The van der Waals surface area contributed by atoms with Crippen LogP contribution in [0.4, 0.5) is 5.82 Å². The van der Waals surface area contributed by atoms with Gasteiger partial charge in [0.1, 0.15) is 12.1 Å². The predicted octanol–water partition coefficient (Wildman–Crippen LogP) is 2.99. The molecule has 0 spiro atoms. The van der Waals surface area contributed by atoms with Crippen molar-refractivity contribution in [3.63, 3.8) is 0 Å². The highest BCUT2D eigenvalue weighted by Crippen LogP contribution is 2.35. The number of hydrogen-bond acceptors (Lipinski definition) is 6. The Morgan fingerprint density at radius 2 is 1.94 bits per heavy atom. The third kappa shape index (κ3) is 4.32. The Bertz CT molecular complexity index is 1110. The monoisotopic (exact) mass is 460 g/mol. The Kier molecular flexibility index (Phi) is 6.29. The normalized spacial score (nSPS) is 17.8. The molecule has 2 aromatic carbocycles. The lowest BCUT2D eigenvalue weighted by Gasteiger charge is -2.41. The molecule has 1 aliphatic rings. The van der Waals surface area contributed by atoms with Gasteiger partial charge in [-0.1, -0.05) is 35.3 Å². The lowest BCUT2D eigenvalue weighted by molar-refractivity contribution is -0.144. The van der Waals surface area contributed by atoms with E-state index in [-0.39, 0.29) is 6.04 Å². The summed E-state index contributed by atoms with van der Waals surface area (Å²) in [6, 6.07) is 11.1. The van der Waals surface area contributed by atoms with Gasteiger partial charge in [-0.3, -0.25) is 4.79 Å². The molecule has 0 saturated carbocycles. The van der Waals surface area contributed by atoms with Gasteiger partial charge in [0.2, 0.25) is 0 Å². The van der Waals surface area contributed by atoms with E-state index in [1.807, 2.05) is 43.3 Å². The lowest BCUT2D eigenvalue weighted by atomic mass is 10.0. The van der Waals surface area contributed by atoms with Crippen LogP contribution in [0.25, 0.3) is 22.0 Å². The number of benzene rings is 2. The summed E-state index contributed by atoms with van der Waals surface area (Å²) in [6.07, 6.45) is 0.117. The fourth-order valence-electron chi connectivity index (χ4n) is 3.91. The SMILES string of the molecule is CC1CN(c2ncnc3cc(Cl)c(-c4ccc(Cl)cc4)cc23)CCN1C(=O)C(O)CO. The zero-order chi connectivity index (χ0) is 22.1. The van der Waals surface area contributed by atoms with E-state index in [1.165, 1.54) is 6.33 Å². The van der Waals surface area contributed by atoms with Gasteiger partial charge in [-0.25, -0.2) is 9.97 Å². The molecule has 2 atom stereocenters. The first-order chi connectivity index (χ1) is 14.9. The van der Waals surface area contributed by atoms with E-state index < -0.39 is 18.6 Å². The highest BCUT2D eigenvalue weighted by atomic mass is 35.5. The number of nitrogens with zero attached hydrogens (tertiary/aromatic N) is 4. The fourth-order valence-corrected chi connectivity index (χ4v) is 4.31. The number of anilines is 1. The number of amides is 1. The summed E-state index contributed by atoms with van der Waals surface area (Å²) in [5.74, 6) is 0.303. The number of aliphatic hydroxyl groups is 2. The Morgan fingerprint density at radius 1 is 1.19 bits per heavy atom. The van der Waals surface area contributed by atoms with Crippen molar-refractivity contribution >= 4 is 45.8 Å². The molecule has 1 amide bonds. The number of halogens is 2. The first-order valence-electron chi connectivity index (χ1n) is 9.93. The predicted molar refractivity (Wildman–Crippen MR) is 121 cm³/mol. The summed E-state index contributed by atoms with van der Waals surface area (Å²) in [5, 5.41) is 20.9. The summed E-state index contributed by atoms with van der Waals surface area (Å²) in [4.78, 5) is 24.9. The zero-order valence-corrected chi connectivity index (χ0v) is 18.4. The molecule has 31 heavy (non-hydrogen) atoms. The number of fused-ring (bicyclic) bond motifs is 1. The molecule has 1 saturated heterocycles. The smallest absolute Gasteiger partial charge is 0.254 e. The van der Waals surface area contributed by atoms with E-state index in [0.717, 1.165) is 27.8 Å². The summed E-state index contributed by atoms with van der Waals surface area (Å²) in [5.41, 5.74) is 2.53. The number of aliphatic hydroxyl groups excluding tert-OH is 2. The molecule has 7 nitrogen and oxygen atoms in total. The van der Waals surface area contributed by atoms with Crippen LogP contribution in [-0.2, 0) is 4.79 Å². The molecular weight excluding hydrogens is 439 g/mol. The molecule has 3 aromatic rings. The van der Waals surface area contributed by atoms with Crippen LogP contribution in [0.2, 0.25) is 10.0 Å². The van der Waals surface area contributed by atoms with Gasteiger partial charge in [-0.15, -0.1) is 0 Å². The maximum atomic E-state index is 12.3. The van der Waals surface area contributed by atoms with Crippen molar-refractivity contribution in [2.45, 2.75) is 19.1 Å². The molecule has 2 unspecified atom stereocenters. The van der Waals surface area contributed by atoms with Crippen molar-refractivity contribution in [2.24, 2.45) is 0 Å². The fraction of sp³-hybridized carbons (Fsp3) is 0.318. The average Bonchev–Trinajstić information content (AvgIpc) is 2.77. The molecule has 2 N–H and O–H groups in total. The standard InChI is InChI=1S/C22H22Cl2N4O3/c1-13-10-27(6-7-28(13)22(31)20(30)11-29)21-17-8-16(14-2-4-15(23)5-3-14)18(24)9-19(17)25-12-26-21/h2-5,8-9,12-13,20,29-30H,6-7,10-11H2,1H3. The molecule has 1 fully saturated rings. The van der Waals surface area contributed by atoms with Gasteiger partial charge < -0.3 is 20.0 Å². The minimum absolute atomic E-state index is 0.157. The van der Waals surface area contributed by atoms with Crippen LogP contribution in [-0.4, -0.2) is 69.4 Å². The molecular formula is C22H22Cl2N4O3. The summed E-state index contributed by atoms with van der Waals surface area (Å²) < 4.78 is 0. The minimum Gasteiger partial charge on any atom is -0.393 e. The number of aromatic nitrogens is 2. The van der Waals surface area contributed by atoms with Crippen molar-refractivity contribution in [1.29, 1.82) is 0 Å². The van der Waals surface area contributed by atoms with Crippen LogP contribution < -0.4 is 4.90 Å². The quantitative estimate of drug-likeness (QED) is 0.621. The van der Waals surface area contributed by atoms with Gasteiger partial charge in [-0.05, 0) is 36.8 Å². The van der Waals surface area contributed by atoms with E-state index >= 15 is 0 Å². The molecule has 162 valence electrons. The third-order valence-corrected chi connectivity index (χ3v) is 6.09. The number of hydrogen-bond donors (Lipinski definition) is 2. The van der Waals surface area contributed by atoms with Crippen molar-refractivity contribution in [3.8, 4) is 11.1 Å². The largest absolute Gasteiger partial charge is 0.393 e. The van der Waals surface area contributed by atoms with Crippen molar-refractivity contribution < 1.29 is 15.0 Å². The van der Waals surface area contributed by atoms with Gasteiger partial charge in [0.15, 0.2) is 6.10 Å². The Balaban J connectivity index is 1.68. The van der Waals surface area contributed by atoms with Gasteiger partial charge in [0.25, 0.3) is 5.91 Å². The second kappa shape index (κ2) is 8.96. The number of rotatable bonds is 4. The van der Waals surface area contributed by atoms with E-state index in [1.54, 1.807) is 4.90 Å². The average molecular weight is 461 g/mol. The van der Waals surface area contributed by atoms with E-state index in [2.05, 4.69) is 14.9 Å². The van der Waals surface area contributed by atoms with Crippen LogP contribution in [0, 0.1) is 0 Å². The minimum atomic E-state index is -1.39. The maximum absolute atomic E-state index is 12.3. The maximum Gasteiger partial charge on any atom is 0.254 e.